The van der Waals surface area contributed by atoms with Crippen LogP contribution in [0.3, 0.4) is 0 Å². The highest BCUT2D eigenvalue weighted by Gasteiger charge is 2.12. The van der Waals surface area contributed by atoms with Gasteiger partial charge in [0.1, 0.15) is 18.1 Å². The average molecular weight is 389 g/mol. The van der Waals surface area contributed by atoms with Gasteiger partial charge in [0, 0.05) is 17.9 Å². The summed E-state index contributed by atoms with van der Waals surface area (Å²) < 4.78 is 0. The Morgan fingerprint density at radius 2 is 1.00 bits per heavy atom. The molecule has 0 aromatic carbocycles. The third-order valence-corrected chi connectivity index (χ3v) is 2.80. The summed E-state index contributed by atoms with van der Waals surface area (Å²) in [6.07, 6.45) is -0.224. The lowest BCUT2D eigenvalue weighted by molar-refractivity contribution is -0.140. The zero-order valence-electron chi connectivity index (χ0n) is 12.6. The highest BCUT2D eigenvalue weighted by molar-refractivity contribution is 7.80. The summed E-state index contributed by atoms with van der Waals surface area (Å²) >= 11 is 7.30. The van der Waals surface area contributed by atoms with Crippen molar-refractivity contribution in [2.45, 2.75) is 31.0 Å². The molecule has 142 valence electrons. The Bertz CT molecular complexity index is 391. The average Bonchev–Trinajstić information content (AvgIpc) is 2.51. The normalized spacial score (nSPS) is 13.0. The molecule has 0 aliphatic rings. The van der Waals surface area contributed by atoms with Gasteiger partial charge in [-0.25, -0.2) is 0 Å². The number of carboxylic acids is 4. The molecule has 0 aromatic heterocycles. The van der Waals surface area contributed by atoms with Gasteiger partial charge in [0.25, 0.3) is 0 Å². The van der Waals surface area contributed by atoms with Crippen LogP contribution in [0.15, 0.2) is 0 Å². The number of thiol groups is 2. The molecule has 0 spiro atoms. The first-order valence-corrected chi connectivity index (χ1v) is 7.55. The van der Waals surface area contributed by atoms with E-state index in [9.17, 15) is 19.2 Å². The third kappa shape index (κ3) is 20.5. The monoisotopic (exact) mass is 389 g/mol. The van der Waals surface area contributed by atoms with Gasteiger partial charge in [0.05, 0.1) is 0 Å². The lowest BCUT2D eigenvalue weighted by atomic mass is 10.2. The summed E-state index contributed by atoms with van der Waals surface area (Å²) in [6, 6.07) is -2.69. The molecule has 0 rings (SSSR count). The summed E-state index contributed by atoms with van der Waals surface area (Å²) in [5.41, 5.74) is 14.9. The molecule has 10 N–H and O–H groups in total. The zero-order chi connectivity index (χ0) is 19.9. The first-order valence-electron chi connectivity index (χ1n) is 6.29. The Hall–Kier alpha value is -1.54. The molecule has 0 aromatic rings. The summed E-state index contributed by atoms with van der Waals surface area (Å²) in [5.74, 6) is -3.83. The lowest BCUT2D eigenvalue weighted by Gasteiger charge is -2.01. The summed E-state index contributed by atoms with van der Waals surface area (Å²) in [5, 5.41) is 32.3. The first kappa shape index (κ1) is 27.3. The fourth-order valence-electron chi connectivity index (χ4n) is 0.559. The van der Waals surface area contributed by atoms with Crippen LogP contribution in [-0.2, 0) is 19.2 Å². The molecule has 11 nitrogen and oxygen atoms in total. The zero-order valence-corrected chi connectivity index (χ0v) is 14.4. The van der Waals surface area contributed by atoms with E-state index in [-0.39, 0.29) is 24.3 Å². The maximum absolute atomic E-state index is 9.99. The SMILES string of the molecule is NC(CCC(=O)O)C(=O)O.NC(CS)C(=O)O.NC(CS)C(=O)O. The third-order valence-electron chi connectivity index (χ3n) is 2.01. The molecular weight excluding hydrogens is 366 g/mol. The first-order chi connectivity index (χ1) is 10.9. The van der Waals surface area contributed by atoms with Crippen LogP contribution in [0, 0.1) is 0 Å². The smallest absolute Gasteiger partial charge is 0.321 e. The van der Waals surface area contributed by atoms with Crippen molar-refractivity contribution in [3.05, 3.63) is 0 Å². The van der Waals surface area contributed by atoms with E-state index in [2.05, 4.69) is 25.3 Å². The Kier molecular flexibility index (Phi) is 18.6. The predicted octanol–water partition coefficient (Wildman–Crippen LogP) is -2.08. The van der Waals surface area contributed by atoms with Gasteiger partial charge in [0.15, 0.2) is 0 Å². The molecule has 0 aliphatic carbocycles. The van der Waals surface area contributed by atoms with E-state index >= 15 is 0 Å². The van der Waals surface area contributed by atoms with Crippen molar-refractivity contribution < 1.29 is 39.6 Å². The molecule has 3 unspecified atom stereocenters. The van der Waals surface area contributed by atoms with E-state index in [1.807, 2.05) is 0 Å². The van der Waals surface area contributed by atoms with Crippen LogP contribution < -0.4 is 17.2 Å². The molecular formula is C11H23N3O8S2. The minimum atomic E-state index is -1.17. The van der Waals surface area contributed by atoms with Gasteiger partial charge in [-0.2, -0.15) is 25.3 Å². The van der Waals surface area contributed by atoms with Crippen molar-refractivity contribution in [1.82, 2.24) is 0 Å². The molecule has 0 amide bonds. The number of nitrogens with two attached hydrogens (primary N) is 3. The second-order valence-corrected chi connectivity index (χ2v) is 4.86. The number of aliphatic carboxylic acids is 4. The fourth-order valence-corrected chi connectivity index (χ4v) is 0.871. The van der Waals surface area contributed by atoms with Gasteiger partial charge in [0.2, 0.25) is 0 Å². The molecule has 3 atom stereocenters. The van der Waals surface area contributed by atoms with Crippen LogP contribution in [0.1, 0.15) is 12.8 Å². The van der Waals surface area contributed by atoms with Crippen LogP contribution in [0.4, 0.5) is 0 Å². The number of carbonyl (C=O) groups is 4. The minimum Gasteiger partial charge on any atom is -0.481 e. The van der Waals surface area contributed by atoms with Crippen molar-refractivity contribution >= 4 is 49.1 Å². The Balaban J connectivity index is -0.000000283. The van der Waals surface area contributed by atoms with Gasteiger partial charge in [-0.05, 0) is 6.42 Å². The van der Waals surface area contributed by atoms with Crippen molar-refractivity contribution in [2.75, 3.05) is 11.5 Å². The fraction of sp³-hybridized carbons (Fsp3) is 0.636. The van der Waals surface area contributed by atoms with Crippen molar-refractivity contribution in [3.63, 3.8) is 0 Å². The van der Waals surface area contributed by atoms with E-state index in [0.717, 1.165) is 0 Å². The van der Waals surface area contributed by atoms with E-state index in [1.54, 1.807) is 0 Å². The molecule has 0 fully saturated rings. The standard InChI is InChI=1S/C5H9NO4.2C3H7NO2S/c6-3(5(9)10)1-2-4(7)8;2*4-2(1-7)3(5)6/h3H,1-2,6H2,(H,7,8)(H,9,10);2*2,7H,1,4H2,(H,5,6). The predicted molar refractivity (Wildman–Crippen MR) is 91.4 cm³/mol. The second kappa shape index (κ2) is 16.3. The molecule has 0 aliphatic heterocycles. The van der Waals surface area contributed by atoms with E-state index in [0.29, 0.717) is 0 Å². The van der Waals surface area contributed by atoms with Gasteiger partial charge in [-0.3, -0.25) is 19.2 Å². The molecule has 0 bridgehead atoms. The van der Waals surface area contributed by atoms with Gasteiger partial charge >= 0.3 is 23.9 Å². The largest absolute Gasteiger partial charge is 0.481 e. The number of hydrogen-bond acceptors (Lipinski definition) is 9. The lowest BCUT2D eigenvalue weighted by Crippen LogP contribution is -2.31. The van der Waals surface area contributed by atoms with E-state index < -0.39 is 42.0 Å². The maximum Gasteiger partial charge on any atom is 0.321 e. The molecule has 0 heterocycles. The van der Waals surface area contributed by atoms with Crippen LogP contribution in [0.5, 0.6) is 0 Å². The maximum atomic E-state index is 9.99. The second-order valence-electron chi connectivity index (χ2n) is 4.13. The number of hydrogen-bond donors (Lipinski definition) is 9. The molecule has 0 saturated carbocycles. The van der Waals surface area contributed by atoms with Crippen LogP contribution >= 0.6 is 25.3 Å². The molecule has 0 saturated heterocycles. The Morgan fingerprint density at radius 1 is 0.708 bits per heavy atom. The summed E-state index contributed by atoms with van der Waals surface area (Å²) in [4.78, 5) is 39.4. The minimum absolute atomic E-state index is 0.0231. The van der Waals surface area contributed by atoms with Gasteiger partial charge in [-0.1, -0.05) is 0 Å². The molecule has 24 heavy (non-hydrogen) atoms. The summed E-state index contributed by atoms with van der Waals surface area (Å²) in [6.45, 7) is 0. The van der Waals surface area contributed by atoms with Crippen molar-refractivity contribution in [2.24, 2.45) is 17.2 Å². The molecule has 0 radical (unpaired) electrons. The highest BCUT2D eigenvalue weighted by atomic mass is 32.1. The van der Waals surface area contributed by atoms with Crippen LogP contribution in [0.2, 0.25) is 0 Å². The topological polar surface area (TPSA) is 227 Å². The van der Waals surface area contributed by atoms with Crippen LogP contribution in [-0.4, -0.2) is 73.9 Å². The van der Waals surface area contributed by atoms with Gasteiger partial charge < -0.3 is 37.6 Å². The highest BCUT2D eigenvalue weighted by Crippen LogP contribution is 1.93. The quantitative estimate of drug-likeness (QED) is 0.204. The Morgan fingerprint density at radius 3 is 1.12 bits per heavy atom. The summed E-state index contributed by atoms with van der Waals surface area (Å²) in [7, 11) is 0. The number of carboxylic acid groups (broad SMARTS) is 4. The molecule has 13 heteroatoms. The van der Waals surface area contributed by atoms with Crippen molar-refractivity contribution in [3.8, 4) is 0 Å². The Labute approximate surface area is 149 Å². The van der Waals surface area contributed by atoms with E-state index in [1.165, 1.54) is 0 Å². The van der Waals surface area contributed by atoms with Gasteiger partial charge in [-0.15, -0.1) is 0 Å². The van der Waals surface area contributed by atoms with Crippen LogP contribution in [0.25, 0.3) is 0 Å². The number of rotatable bonds is 8. The van der Waals surface area contributed by atoms with E-state index in [4.69, 9.17) is 37.6 Å². The van der Waals surface area contributed by atoms with Crippen molar-refractivity contribution in [1.29, 1.82) is 0 Å².